The van der Waals surface area contributed by atoms with Crippen LogP contribution in [0.1, 0.15) is 23.9 Å². The number of ether oxygens (including phenoxy) is 2. The maximum Gasteiger partial charge on any atom is 0.218 e. The maximum atomic E-state index is 11.7. The number of carbonyl (C=O) groups excluding carboxylic acids is 1. The van der Waals surface area contributed by atoms with E-state index >= 15 is 0 Å². The van der Waals surface area contributed by atoms with Gasteiger partial charge in [0.25, 0.3) is 0 Å². The van der Waals surface area contributed by atoms with E-state index in [1.807, 2.05) is 24.6 Å². The number of aryl methyl sites for hydroxylation is 2. The first-order valence-corrected chi connectivity index (χ1v) is 5.47. The van der Waals surface area contributed by atoms with E-state index in [0.717, 1.165) is 11.4 Å². The summed E-state index contributed by atoms with van der Waals surface area (Å²) in [4.78, 5) is 11.7. The average Bonchev–Trinajstić information content (AvgIpc) is 2.78. The molecular formula is C11H14N2O3. The van der Waals surface area contributed by atoms with Gasteiger partial charge in [-0.3, -0.25) is 9.48 Å². The molecule has 0 aliphatic carbocycles. The molecule has 0 radical (unpaired) electrons. The van der Waals surface area contributed by atoms with Crippen molar-refractivity contribution in [2.24, 2.45) is 0 Å². The molecule has 2 aliphatic rings. The van der Waals surface area contributed by atoms with Gasteiger partial charge in [-0.25, -0.2) is 0 Å². The van der Waals surface area contributed by atoms with Crippen molar-refractivity contribution in [3.8, 4) is 0 Å². The Morgan fingerprint density at radius 1 is 1.50 bits per heavy atom. The van der Waals surface area contributed by atoms with E-state index in [1.165, 1.54) is 0 Å². The van der Waals surface area contributed by atoms with Crippen molar-refractivity contribution in [1.82, 2.24) is 9.78 Å². The highest BCUT2D eigenvalue weighted by Gasteiger charge is 2.44. The minimum absolute atomic E-state index is 0.0139. The van der Waals surface area contributed by atoms with E-state index in [0.29, 0.717) is 13.0 Å². The Morgan fingerprint density at radius 2 is 2.31 bits per heavy atom. The van der Waals surface area contributed by atoms with E-state index in [-0.39, 0.29) is 17.9 Å². The first-order valence-electron chi connectivity index (χ1n) is 5.47. The number of hydrogen-bond donors (Lipinski definition) is 0. The minimum Gasteiger partial charge on any atom is -0.343 e. The third-order valence-electron chi connectivity index (χ3n) is 3.17. The summed E-state index contributed by atoms with van der Waals surface area (Å²) in [5, 5.41) is 4.41. The van der Waals surface area contributed by atoms with Crippen LogP contribution in [0.3, 0.4) is 0 Å². The van der Waals surface area contributed by atoms with Crippen LogP contribution < -0.4 is 0 Å². The predicted molar refractivity (Wildman–Crippen MR) is 55.0 cm³/mol. The highest BCUT2D eigenvalue weighted by atomic mass is 16.7. The van der Waals surface area contributed by atoms with Crippen LogP contribution in [0.15, 0.2) is 6.07 Å². The Kier molecular flexibility index (Phi) is 2.12. The second kappa shape index (κ2) is 3.40. The van der Waals surface area contributed by atoms with Gasteiger partial charge in [0.05, 0.1) is 18.3 Å². The molecule has 2 fully saturated rings. The molecule has 3 atom stereocenters. The number of ketones is 1. The Hall–Kier alpha value is -1.20. The fourth-order valence-electron chi connectivity index (χ4n) is 2.45. The van der Waals surface area contributed by atoms with Crippen molar-refractivity contribution in [1.29, 1.82) is 0 Å². The zero-order valence-electron chi connectivity index (χ0n) is 9.34. The molecule has 86 valence electrons. The van der Waals surface area contributed by atoms with Crippen molar-refractivity contribution in [3.63, 3.8) is 0 Å². The van der Waals surface area contributed by atoms with Gasteiger partial charge in [0.2, 0.25) is 6.29 Å². The summed E-state index contributed by atoms with van der Waals surface area (Å²) in [6, 6.07) is 1.99. The van der Waals surface area contributed by atoms with Crippen LogP contribution in [0, 0.1) is 13.8 Å². The van der Waals surface area contributed by atoms with E-state index in [1.54, 1.807) is 0 Å². The number of hydrogen-bond acceptors (Lipinski definition) is 4. The zero-order chi connectivity index (χ0) is 11.3. The van der Waals surface area contributed by atoms with Crippen LogP contribution in [-0.2, 0) is 14.3 Å². The number of fused-ring (bicyclic) bond motifs is 2. The lowest BCUT2D eigenvalue weighted by molar-refractivity contribution is -0.156. The first-order chi connectivity index (χ1) is 7.65. The molecule has 0 spiro atoms. The lowest BCUT2D eigenvalue weighted by atomic mass is 10.0. The van der Waals surface area contributed by atoms with Gasteiger partial charge in [0.1, 0.15) is 6.10 Å². The standard InChI is InChI=1S/C11H14N2O3/c1-6-3-7(2)13(12-6)8-4-9(14)11-15-5-10(8)16-11/h3,8,10-11H,4-5H2,1-2H3/t8-,10-,11+/m0/s1. The molecule has 5 nitrogen and oxygen atoms in total. The molecule has 0 amide bonds. The van der Waals surface area contributed by atoms with E-state index in [9.17, 15) is 4.79 Å². The molecule has 0 saturated carbocycles. The molecule has 2 aliphatic heterocycles. The van der Waals surface area contributed by atoms with Crippen molar-refractivity contribution in [2.45, 2.75) is 38.7 Å². The second-order valence-electron chi connectivity index (χ2n) is 4.45. The van der Waals surface area contributed by atoms with Crippen molar-refractivity contribution in [2.75, 3.05) is 6.61 Å². The summed E-state index contributed by atoms with van der Waals surface area (Å²) in [7, 11) is 0. The first kappa shape index (κ1) is 9.99. The van der Waals surface area contributed by atoms with Gasteiger partial charge in [-0.1, -0.05) is 0 Å². The topological polar surface area (TPSA) is 53.4 Å². The van der Waals surface area contributed by atoms with Crippen LogP contribution in [0.4, 0.5) is 0 Å². The number of carbonyl (C=O) groups is 1. The monoisotopic (exact) mass is 222 g/mol. The minimum atomic E-state index is -0.627. The zero-order valence-corrected chi connectivity index (χ0v) is 9.34. The summed E-state index contributed by atoms with van der Waals surface area (Å²) in [6.07, 6.45) is -0.212. The average molecular weight is 222 g/mol. The lowest BCUT2D eigenvalue weighted by Crippen LogP contribution is -2.37. The molecule has 2 bridgehead atoms. The van der Waals surface area contributed by atoms with Crippen molar-refractivity contribution < 1.29 is 14.3 Å². The molecule has 0 N–H and O–H groups in total. The fraction of sp³-hybridized carbons (Fsp3) is 0.636. The van der Waals surface area contributed by atoms with Gasteiger partial charge in [0.15, 0.2) is 5.78 Å². The van der Waals surface area contributed by atoms with Crippen LogP contribution in [0.5, 0.6) is 0 Å². The molecule has 3 heterocycles. The molecule has 2 saturated heterocycles. The molecule has 3 rings (SSSR count). The van der Waals surface area contributed by atoms with Crippen LogP contribution in [0.2, 0.25) is 0 Å². The molecule has 1 aromatic heterocycles. The molecule has 1 aromatic rings. The Balaban J connectivity index is 1.95. The predicted octanol–water partition coefficient (Wildman–Crippen LogP) is 0.755. The summed E-state index contributed by atoms with van der Waals surface area (Å²) >= 11 is 0. The highest BCUT2D eigenvalue weighted by Crippen LogP contribution is 2.33. The van der Waals surface area contributed by atoms with Gasteiger partial charge in [-0.15, -0.1) is 0 Å². The van der Waals surface area contributed by atoms with Gasteiger partial charge in [-0.2, -0.15) is 5.10 Å². The number of aromatic nitrogens is 2. The quantitative estimate of drug-likeness (QED) is 0.703. The third kappa shape index (κ3) is 1.39. The Labute approximate surface area is 93.3 Å². The van der Waals surface area contributed by atoms with E-state index < -0.39 is 6.29 Å². The Bertz CT molecular complexity index is 440. The van der Waals surface area contributed by atoms with Crippen LogP contribution in [-0.4, -0.2) is 34.6 Å². The SMILES string of the molecule is Cc1cc(C)n([C@H]2CC(=O)[C@@H]3OC[C@@H]2O3)n1. The maximum absolute atomic E-state index is 11.7. The molecule has 0 aromatic carbocycles. The number of Topliss-reactive ketones (excluding diaryl/α,β-unsaturated/α-hetero) is 1. The summed E-state index contributed by atoms with van der Waals surface area (Å²) < 4.78 is 12.7. The van der Waals surface area contributed by atoms with Crippen LogP contribution >= 0.6 is 0 Å². The summed E-state index contributed by atoms with van der Waals surface area (Å²) in [5.74, 6) is 0.0197. The van der Waals surface area contributed by atoms with E-state index in [2.05, 4.69) is 5.10 Å². The summed E-state index contributed by atoms with van der Waals surface area (Å²) in [5.41, 5.74) is 2.02. The van der Waals surface area contributed by atoms with Gasteiger partial charge in [-0.05, 0) is 19.9 Å². The van der Waals surface area contributed by atoms with Crippen LogP contribution in [0.25, 0.3) is 0 Å². The smallest absolute Gasteiger partial charge is 0.218 e. The lowest BCUT2D eigenvalue weighted by Gasteiger charge is -2.27. The number of nitrogens with zero attached hydrogens (tertiary/aromatic N) is 2. The van der Waals surface area contributed by atoms with Gasteiger partial charge < -0.3 is 9.47 Å². The second-order valence-corrected chi connectivity index (χ2v) is 4.45. The highest BCUT2D eigenvalue weighted by molar-refractivity contribution is 5.83. The molecular weight excluding hydrogens is 208 g/mol. The van der Waals surface area contributed by atoms with Crippen molar-refractivity contribution >= 4 is 5.78 Å². The molecule has 0 unspecified atom stereocenters. The molecule has 5 heteroatoms. The van der Waals surface area contributed by atoms with Gasteiger partial charge in [0, 0.05) is 12.1 Å². The number of rotatable bonds is 1. The third-order valence-corrected chi connectivity index (χ3v) is 3.17. The Morgan fingerprint density at radius 3 is 3.00 bits per heavy atom. The van der Waals surface area contributed by atoms with Gasteiger partial charge >= 0.3 is 0 Å². The summed E-state index contributed by atoms with van der Waals surface area (Å²) in [6.45, 7) is 4.43. The van der Waals surface area contributed by atoms with Crippen molar-refractivity contribution in [3.05, 3.63) is 17.5 Å². The fourth-order valence-corrected chi connectivity index (χ4v) is 2.45. The largest absolute Gasteiger partial charge is 0.343 e. The normalized spacial score (nSPS) is 33.4. The van der Waals surface area contributed by atoms with E-state index in [4.69, 9.17) is 9.47 Å². The molecule has 16 heavy (non-hydrogen) atoms.